The van der Waals surface area contributed by atoms with Gasteiger partial charge >= 0.3 is 0 Å². The first-order chi connectivity index (χ1) is 11.7. The summed E-state index contributed by atoms with van der Waals surface area (Å²) in [4.78, 5) is 0. The Bertz CT molecular complexity index is 780. The molecule has 0 saturated carbocycles. The van der Waals surface area contributed by atoms with E-state index in [-0.39, 0.29) is 5.75 Å². The van der Waals surface area contributed by atoms with Crippen LogP contribution in [0.4, 0.5) is 0 Å². The van der Waals surface area contributed by atoms with Crippen LogP contribution in [-0.4, -0.2) is 12.2 Å². The zero-order chi connectivity index (χ0) is 16.8. The van der Waals surface area contributed by atoms with Crippen LogP contribution in [0.25, 0.3) is 0 Å². The molecule has 0 atom stereocenters. The van der Waals surface area contributed by atoms with E-state index in [1.54, 1.807) is 13.2 Å². The van der Waals surface area contributed by atoms with Gasteiger partial charge in [0.15, 0.2) is 11.5 Å². The van der Waals surface area contributed by atoms with Gasteiger partial charge < -0.3 is 14.6 Å². The Kier molecular flexibility index (Phi) is 5.02. The molecular weight excluding hydrogens is 300 g/mol. The lowest BCUT2D eigenvalue weighted by molar-refractivity contribution is 0.373. The predicted octanol–water partition coefficient (Wildman–Crippen LogP) is 4.98. The van der Waals surface area contributed by atoms with E-state index in [0.29, 0.717) is 5.75 Å². The smallest absolute Gasteiger partial charge is 0.160 e. The number of phenols is 1. The first-order valence-electron chi connectivity index (χ1n) is 7.92. The molecule has 3 aromatic carbocycles. The summed E-state index contributed by atoms with van der Waals surface area (Å²) in [6.07, 6.45) is 1.80. The number of hydrogen-bond acceptors (Lipinski definition) is 3. The molecule has 0 saturated heterocycles. The van der Waals surface area contributed by atoms with Crippen LogP contribution in [0.15, 0.2) is 72.8 Å². The zero-order valence-corrected chi connectivity index (χ0v) is 13.6. The van der Waals surface area contributed by atoms with E-state index in [2.05, 4.69) is 12.1 Å². The van der Waals surface area contributed by atoms with Crippen molar-refractivity contribution in [1.82, 2.24) is 0 Å². The Hall–Kier alpha value is -2.94. The van der Waals surface area contributed by atoms with Gasteiger partial charge in [0.1, 0.15) is 11.5 Å². The van der Waals surface area contributed by atoms with E-state index in [0.717, 1.165) is 29.9 Å². The number of para-hydroxylation sites is 1. The van der Waals surface area contributed by atoms with Gasteiger partial charge in [0.2, 0.25) is 0 Å². The summed E-state index contributed by atoms with van der Waals surface area (Å²) in [5, 5.41) is 9.63. The van der Waals surface area contributed by atoms with Crippen LogP contribution in [0.3, 0.4) is 0 Å². The topological polar surface area (TPSA) is 38.7 Å². The van der Waals surface area contributed by atoms with E-state index in [1.165, 1.54) is 5.56 Å². The van der Waals surface area contributed by atoms with Crippen LogP contribution >= 0.6 is 0 Å². The molecule has 3 rings (SSSR count). The zero-order valence-electron chi connectivity index (χ0n) is 13.6. The highest BCUT2D eigenvalue weighted by Gasteiger charge is 2.04. The molecule has 3 aromatic rings. The van der Waals surface area contributed by atoms with Crippen molar-refractivity contribution in [2.75, 3.05) is 7.11 Å². The van der Waals surface area contributed by atoms with Crippen molar-refractivity contribution in [2.24, 2.45) is 0 Å². The fourth-order valence-electron chi connectivity index (χ4n) is 2.51. The minimum Gasteiger partial charge on any atom is -0.504 e. The van der Waals surface area contributed by atoms with Gasteiger partial charge in [-0.3, -0.25) is 0 Å². The van der Waals surface area contributed by atoms with Crippen molar-refractivity contribution in [3.05, 3.63) is 83.9 Å². The molecule has 0 radical (unpaired) electrons. The number of rotatable bonds is 6. The predicted molar refractivity (Wildman–Crippen MR) is 95.0 cm³/mol. The van der Waals surface area contributed by atoms with E-state index < -0.39 is 0 Å². The van der Waals surface area contributed by atoms with Crippen LogP contribution in [0.1, 0.15) is 11.1 Å². The van der Waals surface area contributed by atoms with Crippen LogP contribution in [0.5, 0.6) is 23.0 Å². The molecule has 0 fully saturated rings. The highest BCUT2D eigenvalue weighted by Crippen LogP contribution is 2.27. The summed E-state index contributed by atoms with van der Waals surface area (Å²) in [5.41, 5.74) is 2.37. The standard InChI is InChI=1S/C21H20O3/c1-23-21-15-17(11-14-20(21)22)8-7-16-9-12-19(13-10-16)24-18-5-3-2-4-6-18/h2-6,9-15,22H,7-8H2,1H3. The molecule has 3 nitrogen and oxygen atoms in total. The number of hydrogen-bond donors (Lipinski definition) is 1. The van der Waals surface area contributed by atoms with E-state index in [1.807, 2.05) is 54.6 Å². The van der Waals surface area contributed by atoms with Crippen molar-refractivity contribution in [2.45, 2.75) is 12.8 Å². The largest absolute Gasteiger partial charge is 0.504 e. The molecule has 24 heavy (non-hydrogen) atoms. The molecule has 0 aliphatic rings. The summed E-state index contributed by atoms with van der Waals surface area (Å²) >= 11 is 0. The van der Waals surface area contributed by atoms with Crippen molar-refractivity contribution in [3.63, 3.8) is 0 Å². The Balaban J connectivity index is 1.60. The Labute approximate surface area is 142 Å². The molecule has 122 valence electrons. The van der Waals surface area contributed by atoms with Gasteiger partial charge in [-0.25, -0.2) is 0 Å². The molecule has 1 N–H and O–H groups in total. The number of ether oxygens (including phenoxy) is 2. The number of phenolic OH excluding ortho intramolecular Hbond substituents is 1. The molecule has 0 aromatic heterocycles. The molecule has 3 heteroatoms. The maximum Gasteiger partial charge on any atom is 0.160 e. The lowest BCUT2D eigenvalue weighted by atomic mass is 10.0. The lowest BCUT2D eigenvalue weighted by Gasteiger charge is -2.08. The summed E-state index contributed by atoms with van der Waals surface area (Å²) in [6, 6.07) is 23.3. The van der Waals surface area contributed by atoms with Crippen LogP contribution in [0, 0.1) is 0 Å². The number of aromatic hydroxyl groups is 1. The van der Waals surface area contributed by atoms with E-state index in [4.69, 9.17) is 9.47 Å². The molecule has 0 bridgehead atoms. The average Bonchev–Trinajstić information content (AvgIpc) is 2.63. The number of aryl methyl sites for hydroxylation is 2. The second-order valence-corrected chi connectivity index (χ2v) is 5.57. The van der Waals surface area contributed by atoms with Gasteiger partial charge in [0.25, 0.3) is 0 Å². The highest BCUT2D eigenvalue weighted by molar-refractivity contribution is 5.42. The van der Waals surface area contributed by atoms with Gasteiger partial charge in [0, 0.05) is 0 Å². The quantitative estimate of drug-likeness (QED) is 0.696. The first kappa shape index (κ1) is 15.9. The number of benzene rings is 3. The van der Waals surface area contributed by atoms with Crippen LogP contribution in [0.2, 0.25) is 0 Å². The normalized spacial score (nSPS) is 10.4. The second-order valence-electron chi connectivity index (χ2n) is 5.57. The van der Waals surface area contributed by atoms with Gasteiger partial charge in [-0.05, 0) is 60.4 Å². The third-order valence-electron chi connectivity index (χ3n) is 3.85. The van der Waals surface area contributed by atoms with Crippen molar-refractivity contribution < 1.29 is 14.6 Å². The van der Waals surface area contributed by atoms with Gasteiger partial charge in [-0.15, -0.1) is 0 Å². The van der Waals surface area contributed by atoms with Crippen molar-refractivity contribution in [1.29, 1.82) is 0 Å². The molecule has 0 unspecified atom stereocenters. The Morgan fingerprint density at radius 3 is 2.08 bits per heavy atom. The van der Waals surface area contributed by atoms with Crippen LogP contribution in [-0.2, 0) is 12.8 Å². The summed E-state index contributed by atoms with van der Waals surface area (Å²) in [7, 11) is 1.56. The highest BCUT2D eigenvalue weighted by atomic mass is 16.5. The molecule has 0 spiro atoms. The average molecular weight is 320 g/mol. The summed E-state index contributed by atoms with van der Waals surface area (Å²) < 4.78 is 10.9. The maximum atomic E-state index is 9.63. The fraction of sp³-hybridized carbons (Fsp3) is 0.143. The van der Waals surface area contributed by atoms with E-state index >= 15 is 0 Å². The Morgan fingerprint density at radius 1 is 0.750 bits per heavy atom. The van der Waals surface area contributed by atoms with Crippen molar-refractivity contribution >= 4 is 0 Å². The van der Waals surface area contributed by atoms with Gasteiger partial charge in [-0.2, -0.15) is 0 Å². The lowest BCUT2D eigenvalue weighted by Crippen LogP contribution is -1.93. The molecule has 0 aliphatic heterocycles. The summed E-state index contributed by atoms with van der Waals surface area (Å²) in [5.74, 6) is 2.35. The van der Waals surface area contributed by atoms with Crippen LogP contribution < -0.4 is 9.47 Å². The molecule has 0 amide bonds. The third kappa shape index (κ3) is 4.07. The second kappa shape index (κ2) is 7.55. The molecular formula is C21H20O3. The third-order valence-corrected chi connectivity index (χ3v) is 3.85. The minimum atomic E-state index is 0.170. The maximum absolute atomic E-state index is 9.63. The fourth-order valence-corrected chi connectivity index (χ4v) is 2.51. The Morgan fingerprint density at radius 2 is 1.38 bits per heavy atom. The van der Waals surface area contributed by atoms with Crippen molar-refractivity contribution in [3.8, 4) is 23.0 Å². The first-order valence-corrected chi connectivity index (χ1v) is 7.92. The minimum absolute atomic E-state index is 0.170. The SMILES string of the molecule is COc1cc(CCc2ccc(Oc3ccccc3)cc2)ccc1O. The van der Waals surface area contributed by atoms with E-state index in [9.17, 15) is 5.11 Å². The van der Waals surface area contributed by atoms with Gasteiger partial charge in [0.05, 0.1) is 7.11 Å². The van der Waals surface area contributed by atoms with Gasteiger partial charge in [-0.1, -0.05) is 36.4 Å². The molecule has 0 heterocycles. The molecule has 0 aliphatic carbocycles. The monoisotopic (exact) mass is 320 g/mol. The number of methoxy groups -OCH3 is 1. The summed E-state index contributed by atoms with van der Waals surface area (Å²) in [6.45, 7) is 0.